The number of halogens is 1. The quantitative estimate of drug-likeness (QED) is 0.943. The lowest BCUT2D eigenvalue weighted by molar-refractivity contribution is 0.0939. The van der Waals surface area contributed by atoms with E-state index in [9.17, 15) is 4.79 Å². The lowest BCUT2D eigenvalue weighted by atomic mass is 10.1. The van der Waals surface area contributed by atoms with Gasteiger partial charge in [0.25, 0.3) is 5.91 Å². The molecule has 1 heterocycles. The van der Waals surface area contributed by atoms with Gasteiger partial charge in [-0.25, -0.2) is 0 Å². The van der Waals surface area contributed by atoms with Crippen LogP contribution >= 0.6 is 11.6 Å². The van der Waals surface area contributed by atoms with Crippen LogP contribution in [0.25, 0.3) is 0 Å². The van der Waals surface area contributed by atoms with E-state index in [1.165, 1.54) is 0 Å². The third-order valence-electron chi connectivity index (χ3n) is 3.33. The maximum atomic E-state index is 12.3. The third kappa shape index (κ3) is 2.95. The second-order valence-corrected chi connectivity index (χ2v) is 5.25. The first kappa shape index (κ1) is 13.8. The number of nitrogens with one attached hydrogen (secondary N) is 1. The summed E-state index contributed by atoms with van der Waals surface area (Å²) in [4.78, 5) is 12.3. The summed E-state index contributed by atoms with van der Waals surface area (Å²) in [7, 11) is 0. The van der Waals surface area contributed by atoms with Crippen LogP contribution in [0.3, 0.4) is 0 Å². The van der Waals surface area contributed by atoms with Crippen LogP contribution in [0.4, 0.5) is 0 Å². The van der Waals surface area contributed by atoms with Gasteiger partial charge in [0, 0.05) is 10.6 Å². The summed E-state index contributed by atoms with van der Waals surface area (Å²) < 4.78 is 10.5. The van der Waals surface area contributed by atoms with Crippen LogP contribution in [0, 0.1) is 0 Å². The van der Waals surface area contributed by atoms with Crippen molar-refractivity contribution in [2.45, 2.75) is 13.0 Å². The first-order valence-corrected chi connectivity index (χ1v) is 6.97. The fraction of sp³-hybridized carbons (Fsp3) is 0.188. The monoisotopic (exact) mass is 303 g/mol. The molecule has 21 heavy (non-hydrogen) atoms. The Hall–Kier alpha value is -2.20. The average molecular weight is 304 g/mol. The molecule has 0 aromatic heterocycles. The fourth-order valence-electron chi connectivity index (χ4n) is 2.18. The molecule has 1 aliphatic heterocycles. The molecule has 5 heteroatoms. The number of rotatable bonds is 3. The molecular weight excluding hydrogens is 290 g/mol. The summed E-state index contributed by atoms with van der Waals surface area (Å²) in [6.07, 6.45) is 0. The van der Waals surface area contributed by atoms with E-state index in [4.69, 9.17) is 21.1 Å². The van der Waals surface area contributed by atoms with Gasteiger partial charge >= 0.3 is 0 Å². The molecule has 0 fully saturated rings. The Morgan fingerprint density at radius 2 is 2.00 bits per heavy atom. The number of benzene rings is 2. The first-order chi connectivity index (χ1) is 10.1. The molecule has 0 bridgehead atoms. The number of fused-ring (bicyclic) bond motifs is 1. The van der Waals surface area contributed by atoms with Gasteiger partial charge in [0.05, 0.1) is 6.04 Å². The standard InChI is InChI=1S/C16H14ClNO3/c1-10(11-3-2-4-13(17)7-11)18-16(19)12-5-6-14-15(8-12)21-9-20-14/h2-8,10H,9H2,1H3,(H,18,19). The van der Waals surface area contributed by atoms with Gasteiger partial charge in [-0.15, -0.1) is 0 Å². The highest BCUT2D eigenvalue weighted by Gasteiger charge is 2.17. The number of carbonyl (C=O) groups excluding carboxylic acids is 1. The second kappa shape index (κ2) is 5.66. The van der Waals surface area contributed by atoms with E-state index in [2.05, 4.69) is 5.32 Å². The summed E-state index contributed by atoms with van der Waals surface area (Å²) >= 11 is 5.96. The smallest absolute Gasteiger partial charge is 0.251 e. The lowest BCUT2D eigenvalue weighted by Crippen LogP contribution is -2.26. The topological polar surface area (TPSA) is 47.6 Å². The SMILES string of the molecule is CC(NC(=O)c1ccc2c(c1)OCO2)c1cccc(Cl)c1. The van der Waals surface area contributed by atoms with Crippen molar-refractivity contribution < 1.29 is 14.3 Å². The minimum absolute atomic E-state index is 0.137. The van der Waals surface area contributed by atoms with E-state index < -0.39 is 0 Å². The van der Waals surface area contributed by atoms with Crippen molar-refractivity contribution >= 4 is 17.5 Å². The molecule has 0 aliphatic carbocycles. The summed E-state index contributed by atoms with van der Waals surface area (Å²) in [6.45, 7) is 2.11. The Morgan fingerprint density at radius 3 is 2.81 bits per heavy atom. The Labute approximate surface area is 127 Å². The number of hydrogen-bond acceptors (Lipinski definition) is 3. The van der Waals surface area contributed by atoms with E-state index in [1.807, 2.05) is 25.1 Å². The van der Waals surface area contributed by atoms with E-state index in [0.29, 0.717) is 22.1 Å². The molecule has 1 atom stereocenters. The van der Waals surface area contributed by atoms with E-state index in [0.717, 1.165) is 5.56 Å². The van der Waals surface area contributed by atoms with E-state index in [-0.39, 0.29) is 18.7 Å². The second-order valence-electron chi connectivity index (χ2n) is 4.82. The van der Waals surface area contributed by atoms with Crippen molar-refractivity contribution in [2.24, 2.45) is 0 Å². The summed E-state index contributed by atoms with van der Waals surface area (Å²) in [5, 5.41) is 3.59. The Balaban J connectivity index is 1.74. The van der Waals surface area contributed by atoms with E-state index >= 15 is 0 Å². The fourth-order valence-corrected chi connectivity index (χ4v) is 2.38. The highest BCUT2D eigenvalue weighted by Crippen LogP contribution is 2.32. The summed E-state index contributed by atoms with van der Waals surface area (Å²) in [6, 6.07) is 12.4. The minimum atomic E-state index is -0.166. The van der Waals surface area contributed by atoms with Crippen molar-refractivity contribution in [3.05, 3.63) is 58.6 Å². The lowest BCUT2D eigenvalue weighted by Gasteiger charge is -2.14. The van der Waals surface area contributed by atoms with Crippen LogP contribution in [0.5, 0.6) is 11.5 Å². The maximum Gasteiger partial charge on any atom is 0.251 e. The summed E-state index contributed by atoms with van der Waals surface area (Å²) in [5.41, 5.74) is 1.49. The highest BCUT2D eigenvalue weighted by atomic mass is 35.5. The van der Waals surface area contributed by atoms with Crippen LogP contribution in [-0.4, -0.2) is 12.7 Å². The molecule has 0 saturated heterocycles. The maximum absolute atomic E-state index is 12.3. The average Bonchev–Trinajstić information content (AvgIpc) is 2.94. The van der Waals surface area contributed by atoms with Gasteiger partial charge in [0.2, 0.25) is 6.79 Å². The van der Waals surface area contributed by atoms with Crippen molar-refractivity contribution in [1.82, 2.24) is 5.32 Å². The zero-order valence-corrected chi connectivity index (χ0v) is 12.2. The van der Waals surface area contributed by atoms with Gasteiger partial charge in [0.15, 0.2) is 11.5 Å². The normalized spacial score (nSPS) is 13.8. The molecule has 0 spiro atoms. The number of carbonyl (C=O) groups is 1. The Morgan fingerprint density at radius 1 is 1.19 bits per heavy atom. The molecule has 0 saturated carbocycles. The zero-order valence-electron chi connectivity index (χ0n) is 11.4. The molecule has 1 N–H and O–H groups in total. The van der Waals surface area contributed by atoms with Crippen molar-refractivity contribution in [1.29, 1.82) is 0 Å². The van der Waals surface area contributed by atoms with E-state index in [1.54, 1.807) is 24.3 Å². The molecular formula is C16H14ClNO3. The van der Waals surface area contributed by atoms with Gasteiger partial charge in [-0.2, -0.15) is 0 Å². The minimum Gasteiger partial charge on any atom is -0.454 e. The van der Waals surface area contributed by atoms with Crippen molar-refractivity contribution in [2.75, 3.05) is 6.79 Å². The highest BCUT2D eigenvalue weighted by molar-refractivity contribution is 6.30. The van der Waals surface area contributed by atoms with Crippen LogP contribution in [-0.2, 0) is 0 Å². The van der Waals surface area contributed by atoms with Crippen molar-refractivity contribution in [3.8, 4) is 11.5 Å². The molecule has 108 valence electrons. The first-order valence-electron chi connectivity index (χ1n) is 6.59. The van der Waals surface area contributed by atoms with Crippen molar-refractivity contribution in [3.63, 3.8) is 0 Å². The Bertz CT molecular complexity index is 687. The molecule has 2 aromatic carbocycles. The third-order valence-corrected chi connectivity index (χ3v) is 3.57. The van der Waals surface area contributed by atoms with Crippen LogP contribution < -0.4 is 14.8 Å². The number of hydrogen-bond donors (Lipinski definition) is 1. The zero-order chi connectivity index (χ0) is 14.8. The molecule has 1 aliphatic rings. The van der Waals surface area contributed by atoms with Gasteiger partial charge < -0.3 is 14.8 Å². The van der Waals surface area contributed by atoms with Crippen LogP contribution in [0.1, 0.15) is 28.9 Å². The van der Waals surface area contributed by atoms with Crippen LogP contribution in [0.15, 0.2) is 42.5 Å². The summed E-state index contributed by atoms with van der Waals surface area (Å²) in [5.74, 6) is 1.09. The van der Waals surface area contributed by atoms with Gasteiger partial charge in [-0.3, -0.25) is 4.79 Å². The predicted octanol–water partition coefficient (Wildman–Crippen LogP) is 3.56. The molecule has 0 radical (unpaired) electrons. The number of amides is 1. The molecule has 4 nitrogen and oxygen atoms in total. The molecule has 1 amide bonds. The molecule has 1 unspecified atom stereocenters. The largest absolute Gasteiger partial charge is 0.454 e. The van der Waals surface area contributed by atoms with Gasteiger partial charge in [0.1, 0.15) is 0 Å². The van der Waals surface area contributed by atoms with Crippen LogP contribution in [0.2, 0.25) is 5.02 Å². The van der Waals surface area contributed by atoms with Gasteiger partial charge in [-0.1, -0.05) is 23.7 Å². The molecule has 3 rings (SSSR count). The number of ether oxygens (including phenoxy) is 2. The molecule has 2 aromatic rings. The van der Waals surface area contributed by atoms with Gasteiger partial charge in [-0.05, 0) is 42.8 Å². The predicted molar refractivity (Wildman–Crippen MR) is 79.9 cm³/mol. The Kier molecular flexibility index (Phi) is 3.71.